The van der Waals surface area contributed by atoms with Gasteiger partial charge in [0, 0.05) is 24.3 Å². The van der Waals surface area contributed by atoms with Crippen LogP contribution in [0.1, 0.15) is 11.0 Å². The maximum absolute atomic E-state index is 7.93. The van der Waals surface area contributed by atoms with Crippen LogP contribution < -0.4 is 4.98 Å². The molecule has 4 aromatic carbocycles. The molecule has 0 spiro atoms. The molecule has 0 aliphatic carbocycles. The molecule has 1 aliphatic rings. The van der Waals surface area contributed by atoms with E-state index in [0.717, 1.165) is 11.4 Å². The molecule has 0 N–H and O–H groups in total. The monoisotopic (exact) mass is 591 g/mol. The van der Waals surface area contributed by atoms with Crippen molar-refractivity contribution in [2.45, 2.75) is 0 Å². The Labute approximate surface area is 208 Å². The Kier molecular flexibility index (Phi) is 4.03. The van der Waals surface area contributed by atoms with E-state index < -0.39 is 24.2 Å². The largest absolute Gasteiger partial charge is 1.00 e. The van der Waals surface area contributed by atoms with E-state index in [-0.39, 0.29) is 68.4 Å². The van der Waals surface area contributed by atoms with E-state index in [2.05, 4.69) is 35.3 Å². The molecule has 1 aromatic heterocycles. The number of hydrogen-bond acceptors (Lipinski definition) is 0. The van der Waals surface area contributed by atoms with Crippen LogP contribution in [0.25, 0.3) is 21.8 Å². The summed E-state index contributed by atoms with van der Waals surface area (Å²) in [5.41, 5.74) is 2.15. The van der Waals surface area contributed by atoms with Crippen LogP contribution in [0.15, 0.2) is 121 Å². The minimum Gasteiger partial charge on any atom is -0.657 e. The van der Waals surface area contributed by atoms with Crippen LogP contribution in [-0.4, -0.2) is 15.2 Å². The second-order valence-electron chi connectivity index (χ2n) is 6.37. The molecule has 0 atom stereocenters. The summed E-state index contributed by atoms with van der Waals surface area (Å²) in [5.74, 6) is 0. The van der Waals surface area contributed by atoms with Crippen molar-refractivity contribution >= 4 is 39.2 Å². The molecular formula is C27H20AuN3+2. The molecule has 152 valence electrons. The molecule has 0 unspecified atom stereocenters. The van der Waals surface area contributed by atoms with Crippen molar-refractivity contribution in [1.82, 2.24) is 4.98 Å². The summed E-state index contributed by atoms with van der Waals surface area (Å²) >= 11 is 0. The van der Waals surface area contributed by atoms with Gasteiger partial charge in [0.2, 0.25) is 11.4 Å². The summed E-state index contributed by atoms with van der Waals surface area (Å²) < 4.78 is 66.1. The molecule has 4 heteroatoms. The van der Waals surface area contributed by atoms with E-state index in [9.17, 15) is 0 Å². The van der Waals surface area contributed by atoms with Gasteiger partial charge in [-0.3, -0.25) is 0 Å². The molecule has 0 saturated heterocycles. The van der Waals surface area contributed by atoms with E-state index in [4.69, 9.17) is 11.0 Å². The van der Waals surface area contributed by atoms with Crippen LogP contribution in [0, 0.1) is 0 Å². The van der Waals surface area contributed by atoms with Crippen molar-refractivity contribution in [3.8, 4) is 0 Å². The smallest absolute Gasteiger partial charge is 0.657 e. The van der Waals surface area contributed by atoms with Gasteiger partial charge in [-0.25, -0.2) is 0 Å². The number of nitrogens with zero attached hydrogens (tertiary/aromatic N) is 3. The van der Waals surface area contributed by atoms with Gasteiger partial charge in [-0.15, -0.1) is 11.0 Å². The van der Waals surface area contributed by atoms with E-state index in [1.165, 1.54) is 0 Å². The summed E-state index contributed by atoms with van der Waals surface area (Å²) in [5, 5.41) is 0.0611. The fourth-order valence-electron chi connectivity index (χ4n) is 3.03. The third-order valence-electron chi connectivity index (χ3n) is 4.46. The van der Waals surface area contributed by atoms with Crippen LogP contribution in [0.4, 0.5) is 11.4 Å². The van der Waals surface area contributed by atoms with Gasteiger partial charge in [0.05, 0.1) is 11.0 Å². The quantitative estimate of drug-likeness (QED) is 0.175. The van der Waals surface area contributed by atoms with Gasteiger partial charge in [0.25, 0.3) is 12.4 Å². The summed E-state index contributed by atoms with van der Waals surface area (Å²) in [6.45, 7) is 0. The number of benzene rings is 4. The molecular weight excluding hydrogens is 563 g/mol. The van der Waals surface area contributed by atoms with Gasteiger partial charge in [-0.05, 0) is 10.8 Å². The molecule has 0 saturated carbocycles. The topological polar surface area (TPSA) is 20.1 Å². The van der Waals surface area contributed by atoms with Crippen molar-refractivity contribution in [1.29, 1.82) is 0 Å². The average molecular weight is 591 g/mol. The van der Waals surface area contributed by atoms with Crippen molar-refractivity contribution < 1.29 is 42.5 Å². The third kappa shape index (κ3) is 4.51. The average Bonchev–Trinajstić information content (AvgIpc) is 3.60. The third-order valence-corrected chi connectivity index (χ3v) is 4.46. The maximum atomic E-state index is 7.93. The van der Waals surface area contributed by atoms with Crippen LogP contribution in [0.5, 0.6) is 0 Å². The summed E-state index contributed by atoms with van der Waals surface area (Å²) in [4.78, 5) is 4.02. The maximum Gasteiger partial charge on any atom is 1.00 e. The fraction of sp³-hybridized carbons (Fsp3) is 0. The second-order valence-corrected chi connectivity index (χ2v) is 6.37. The molecule has 0 fully saturated rings. The Morgan fingerprint density at radius 1 is 0.613 bits per heavy atom. The predicted octanol–water partition coefficient (Wildman–Crippen LogP) is 6.28. The van der Waals surface area contributed by atoms with Gasteiger partial charge in [-0.1, -0.05) is 93.9 Å². The number of fused-ring (bicyclic) bond motifs is 3. The molecule has 1 aliphatic heterocycles. The van der Waals surface area contributed by atoms with Crippen LogP contribution in [0.3, 0.4) is 0 Å². The molecule has 5 aromatic rings. The first-order valence-electron chi connectivity index (χ1n) is 13.3. The standard InChI is InChI=1S/C15H12N2.C12H8N.Au/c1-3-7-14(8-4-1)16-11-12-17(13-16)15-9-5-2-6-10-15;1-3-7-11-9(5-1)10-6-2-4-8-12(10)13-11;/h1-12H;1-8H;/q+2;-1;+1/i;1D,2D,3D,4D,5D,6D,7D,8D;. The zero-order chi connectivity index (χ0) is 27.1. The van der Waals surface area contributed by atoms with Crippen molar-refractivity contribution in [3.63, 3.8) is 0 Å². The van der Waals surface area contributed by atoms with E-state index in [0.29, 0.717) is 0 Å². The van der Waals surface area contributed by atoms with Gasteiger partial charge < -0.3 is 4.98 Å². The SMILES string of the molecule is C1=[N+](c2ccccc2)C=C[N+]=1c1ccccc1.[2H]c1c([2H])c([2H])c2c([n-]c3c([2H])c([2H])c([2H])c([2H])c32)c1[2H].[Au+]. The molecule has 31 heavy (non-hydrogen) atoms. The number of para-hydroxylation sites is 4. The van der Waals surface area contributed by atoms with E-state index in [1.807, 2.05) is 57.9 Å². The minimum absolute atomic E-state index is 0. The Morgan fingerprint density at radius 3 is 1.48 bits per heavy atom. The predicted molar refractivity (Wildman–Crippen MR) is 122 cm³/mol. The molecule has 0 bridgehead atoms. The molecule has 0 amide bonds. The van der Waals surface area contributed by atoms with E-state index in [1.54, 1.807) is 0 Å². The normalized spacial score (nSPS) is 15.6. The Balaban J connectivity index is 0.000000180. The molecule has 2 heterocycles. The molecule has 6 rings (SSSR count). The van der Waals surface area contributed by atoms with Crippen molar-refractivity contribution in [3.05, 3.63) is 121 Å². The van der Waals surface area contributed by atoms with Gasteiger partial charge in [-0.2, -0.15) is 0 Å². The van der Waals surface area contributed by atoms with Gasteiger partial charge in [0.15, 0.2) is 0 Å². The zero-order valence-electron chi connectivity index (χ0n) is 24.1. The van der Waals surface area contributed by atoms with Crippen LogP contribution in [0.2, 0.25) is 0 Å². The number of aromatic nitrogens is 1. The van der Waals surface area contributed by atoms with Crippen molar-refractivity contribution in [2.75, 3.05) is 0 Å². The Bertz CT molecular complexity index is 1700. The van der Waals surface area contributed by atoms with Gasteiger partial charge in [0.1, 0.15) is 0 Å². The zero-order valence-corrected chi connectivity index (χ0v) is 18.2. The molecule has 3 nitrogen and oxygen atoms in total. The van der Waals surface area contributed by atoms with Crippen LogP contribution in [-0.2, 0) is 22.4 Å². The molecule has 0 radical (unpaired) electrons. The second kappa shape index (κ2) is 9.57. The number of rotatable bonds is 2. The fourth-order valence-corrected chi connectivity index (χ4v) is 3.03. The van der Waals surface area contributed by atoms with E-state index >= 15 is 0 Å². The van der Waals surface area contributed by atoms with Gasteiger partial charge >= 0.3 is 28.4 Å². The van der Waals surface area contributed by atoms with Crippen LogP contribution >= 0.6 is 0 Å². The minimum atomic E-state index is -0.450. The summed E-state index contributed by atoms with van der Waals surface area (Å²) in [6, 6.07) is 20.5. The summed E-state index contributed by atoms with van der Waals surface area (Å²) in [6.07, 6.45) is 4.00. The Morgan fingerprint density at radius 2 is 1.03 bits per heavy atom. The summed E-state index contributed by atoms with van der Waals surface area (Å²) in [7, 11) is 0. The first-order chi connectivity index (χ1) is 18.2. The number of hydrogen-bond donors (Lipinski definition) is 0. The first-order valence-corrected chi connectivity index (χ1v) is 9.26. The first kappa shape index (κ1) is 13.1. The van der Waals surface area contributed by atoms with Crippen molar-refractivity contribution in [2.24, 2.45) is 0 Å². The Hall–Kier alpha value is -3.46.